The average molecular weight is 315 g/mol. The Morgan fingerprint density at radius 2 is 1.96 bits per heavy atom. The maximum Gasteiger partial charge on any atom is 0.308 e. The quantitative estimate of drug-likeness (QED) is 0.904. The van der Waals surface area contributed by atoms with Crippen LogP contribution >= 0.6 is 0 Å². The number of carbonyl (C=O) groups is 2. The van der Waals surface area contributed by atoms with Crippen molar-refractivity contribution in [3.8, 4) is 0 Å². The lowest BCUT2D eigenvalue weighted by Gasteiger charge is -2.22. The zero-order valence-electron chi connectivity index (χ0n) is 14.0. The van der Waals surface area contributed by atoms with Crippen molar-refractivity contribution in [3.63, 3.8) is 0 Å². The summed E-state index contributed by atoms with van der Waals surface area (Å²) in [5.41, 5.74) is 2.36. The first-order chi connectivity index (χ1) is 10.9. The van der Waals surface area contributed by atoms with Gasteiger partial charge in [0.05, 0.1) is 5.92 Å². The van der Waals surface area contributed by atoms with Crippen molar-refractivity contribution < 1.29 is 14.7 Å². The van der Waals surface area contributed by atoms with Crippen molar-refractivity contribution in [2.75, 3.05) is 6.54 Å². The van der Waals surface area contributed by atoms with Gasteiger partial charge in [0.1, 0.15) is 0 Å². The number of carboxylic acids is 1. The van der Waals surface area contributed by atoms with Crippen LogP contribution in [0, 0.1) is 5.92 Å². The molecule has 0 aliphatic carbocycles. The summed E-state index contributed by atoms with van der Waals surface area (Å²) < 4.78 is 0. The van der Waals surface area contributed by atoms with Crippen molar-refractivity contribution in [1.29, 1.82) is 0 Å². The van der Waals surface area contributed by atoms with E-state index < -0.39 is 11.9 Å². The lowest BCUT2D eigenvalue weighted by Crippen LogP contribution is -2.37. The molecule has 1 aromatic carbocycles. The second-order valence-corrected chi connectivity index (χ2v) is 6.49. The Labute approximate surface area is 137 Å². The van der Waals surface area contributed by atoms with E-state index in [-0.39, 0.29) is 11.9 Å². The number of amides is 1. The number of hydrogen-bond acceptors (Lipinski definition) is 2. The molecule has 1 amide bonds. The van der Waals surface area contributed by atoms with Crippen molar-refractivity contribution >= 4 is 18.0 Å². The normalized spacial score (nSPS) is 21.3. The summed E-state index contributed by atoms with van der Waals surface area (Å²) in [5.74, 6) is -0.746. The molecular weight excluding hydrogens is 290 g/mol. The van der Waals surface area contributed by atoms with Gasteiger partial charge in [0, 0.05) is 19.0 Å². The Morgan fingerprint density at radius 3 is 2.48 bits per heavy atom. The first-order valence-corrected chi connectivity index (χ1v) is 8.19. The molecule has 0 bridgehead atoms. The lowest BCUT2D eigenvalue weighted by molar-refractivity contribution is -0.142. The maximum atomic E-state index is 12.2. The van der Waals surface area contributed by atoms with Gasteiger partial charge in [0.2, 0.25) is 5.91 Å². The van der Waals surface area contributed by atoms with Crippen LogP contribution in [0.3, 0.4) is 0 Å². The van der Waals surface area contributed by atoms with Gasteiger partial charge in [-0.1, -0.05) is 50.3 Å². The Kier molecular flexibility index (Phi) is 5.59. The van der Waals surface area contributed by atoms with E-state index in [0.29, 0.717) is 25.3 Å². The molecule has 2 unspecified atom stereocenters. The molecule has 1 aliphatic heterocycles. The second-order valence-electron chi connectivity index (χ2n) is 6.49. The molecule has 0 aromatic heterocycles. The van der Waals surface area contributed by atoms with Crippen molar-refractivity contribution in [1.82, 2.24) is 4.90 Å². The molecule has 4 heteroatoms. The van der Waals surface area contributed by atoms with E-state index in [9.17, 15) is 9.59 Å². The van der Waals surface area contributed by atoms with E-state index in [0.717, 1.165) is 5.56 Å². The summed E-state index contributed by atoms with van der Waals surface area (Å²) in [5, 5.41) is 9.12. The van der Waals surface area contributed by atoms with Gasteiger partial charge in [-0.15, -0.1) is 0 Å². The number of hydrogen-bond donors (Lipinski definition) is 1. The van der Waals surface area contributed by atoms with Crippen LogP contribution in [-0.2, 0) is 9.59 Å². The number of aliphatic carboxylic acids is 1. The van der Waals surface area contributed by atoms with E-state index in [4.69, 9.17) is 5.11 Å². The smallest absolute Gasteiger partial charge is 0.308 e. The van der Waals surface area contributed by atoms with Crippen LogP contribution in [0.25, 0.3) is 6.08 Å². The Balaban J connectivity index is 1.90. The summed E-state index contributed by atoms with van der Waals surface area (Å²) >= 11 is 0. The van der Waals surface area contributed by atoms with Crippen LogP contribution in [0.5, 0.6) is 0 Å². The van der Waals surface area contributed by atoms with Crippen molar-refractivity contribution in [3.05, 3.63) is 41.5 Å². The molecule has 0 saturated carbocycles. The topological polar surface area (TPSA) is 57.6 Å². The van der Waals surface area contributed by atoms with Gasteiger partial charge < -0.3 is 10.0 Å². The maximum absolute atomic E-state index is 12.2. The molecule has 0 radical (unpaired) electrons. The average Bonchev–Trinajstić information content (AvgIpc) is 2.89. The zero-order valence-corrected chi connectivity index (χ0v) is 14.0. The molecular formula is C19H25NO3. The molecule has 1 fully saturated rings. The number of likely N-dealkylation sites (tertiary alicyclic amines) is 1. The third kappa shape index (κ3) is 4.21. The molecule has 1 N–H and O–H groups in total. The van der Waals surface area contributed by atoms with E-state index in [1.54, 1.807) is 4.90 Å². The molecule has 1 aromatic rings. The molecule has 2 rings (SSSR count). The molecule has 124 valence electrons. The number of rotatable bonds is 5. The van der Waals surface area contributed by atoms with Crippen LogP contribution in [0.1, 0.15) is 50.7 Å². The largest absolute Gasteiger partial charge is 0.481 e. The minimum Gasteiger partial charge on any atom is -0.481 e. The predicted octanol–water partition coefficient (Wildman–Crippen LogP) is 3.53. The van der Waals surface area contributed by atoms with Gasteiger partial charge in [-0.05, 0) is 30.4 Å². The summed E-state index contributed by atoms with van der Waals surface area (Å²) in [6.07, 6.45) is 4.65. The number of nitrogens with zero attached hydrogens (tertiary/aromatic N) is 1. The van der Waals surface area contributed by atoms with Crippen LogP contribution in [0.4, 0.5) is 0 Å². The van der Waals surface area contributed by atoms with Gasteiger partial charge >= 0.3 is 5.97 Å². The third-order valence-electron chi connectivity index (χ3n) is 4.60. The minimum absolute atomic E-state index is 0.00343. The Morgan fingerprint density at radius 1 is 1.30 bits per heavy atom. The monoisotopic (exact) mass is 315 g/mol. The number of benzene rings is 1. The predicted molar refractivity (Wildman–Crippen MR) is 91.1 cm³/mol. The number of carboxylic acid groups (broad SMARTS) is 1. The molecule has 4 nitrogen and oxygen atoms in total. The molecule has 2 atom stereocenters. The summed E-state index contributed by atoms with van der Waals surface area (Å²) in [7, 11) is 0. The van der Waals surface area contributed by atoms with Crippen LogP contribution in [-0.4, -0.2) is 34.5 Å². The summed E-state index contributed by atoms with van der Waals surface area (Å²) in [6.45, 7) is 6.67. The second kappa shape index (κ2) is 7.44. The van der Waals surface area contributed by atoms with Crippen molar-refractivity contribution in [2.24, 2.45) is 5.92 Å². The van der Waals surface area contributed by atoms with E-state index >= 15 is 0 Å². The fraction of sp³-hybridized carbons (Fsp3) is 0.474. The minimum atomic E-state index is -0.811. The molecule has 1 saturated heterocycles. The fourth-order valence-electron chi connectivity index (χ4n) is 3.03. The third-order valence-corrected chi connectivity index (χ3v) is 4.60. The Hall–Kier alpha value is -2.10. The van der Waals surface area contributed by atoms with Gasteiger partial charge in [-0.2, -0.15) is 0 Å². The summed E-state index contributed by atoms with van der Waals surface area (Å²) in [6, 6.07) is 8.08. The van der Waals surface area contributed by atoms with E-state index in [1.165, 1.54) is 5.56 Å². The van der Waals surface area contributed by atoms with Gasteiger partial charge in [0.25, 0.3) is 0 Å². The Bertz CT molecular complexity index is 589. The first-order valence-electron chi connectivity index (χ1n) is 8.19. The van der Waals surface area contributed by atoms with Gasteiger partial charge in [-0.3, -0.25) is 9.59 Å². The van der Waals surface area contributed by atoms with Crippen LogP contribution < -0.4 is 0 Å². The fourth-order valence-corrected chi connectivity index (χ4v) is 3.03. The van der Waals surface area contributed by atoms with Gasteiger partial charge in [-0.25, -0.2) is 0 Å². The highest BCUT2D eigenvalue weighted by Crippen LogP contribution is 2.25. The van der Waals surface area contributed by atoms with E-state index in [2.05, 4.69) is 38.1 Å². The number of carbonyl (C=O) groups excluding carboxylic acids is 1. The highest BCUT2D eigenvalue weighted by atomic mass is 16.4. The highest BCUT2D eigenvalue weighted by Gasteiger charge is 2.37. The first kappa shape index (κ1) is 17.3. The zero-order chi connectivity index (χ0) is 17.0. The van der Waals surface area contributed by atoms with Crippen LogP contribution in [0.15, 0.2) is 30.3 Å². The van der Waals surface area contributed by atoms with E-state index in [1.807, 2.05) is 19.1 Å². The molecule has 1 aliphatic rings. The SMILES string of the molecule is CC(C)c1ccc(/C=C/CC(=O)N2CCC(C(=O)O)C2C)cc1. The lowest BCUT2D eigenvalue weighted by atomic mass is 10.0. The van der Waals surface area contributed by atoms with Gasteiger partial charge in [0.15, 0.2) is 0 Å². The summed E-state index contributed by atoms with van der Waals surface area (Å²) in [4.78, 5) is 25.0. The van der Waals surface area contributed by atoms with Crippen LogP contribution in [0.2, 0.25) is 0 Å². The molecule has 1 heterocycles. The molecule has 23 heavy (non-hydrogen) atoms. The molecule has 0 spiro atoms. The van der Waals surface area contributed by atoms with Crippen molar-refractivity contribution in [2.45, 2.75) is 45.6 Å². The highest BCUT2D eigenvalue weighted by molar-refractivity contribution is 5.81. The standard InChI is InChI=1S/C19H25NO3/c1-13(2)16-9-7-15(8-10-16)5-4-6-18(21)20-12-11-17(14(20)3)19(22)23/h4-5,7-10,13-14,17H,6,11-12H2,1-3H3,(H,22,23)/b5-4+.